The zero-order valence-corrected chi connectivity index (χ0v) is 12.0. The van der Waals surface area contributed by atoms with E-state index in [-0.39, 0.29) is 5.82 Å². The highest BCUT2D eigenvalue weighted by molar-refractivity contribution is 9.10. The fourth-order valence-electron chi connectivity index (χ4n) is 1.94. The van der Waals surface area contributed by atoms with Crippen molar-refractivity contribution in [1.82, 2.24) is 4.90 Å². The minimum atomic E-state index is -0.836. The Morgan fingerprint density at radius 2 is 2.39 bits per heavy atom. The third-order valence-electron chi connectivity index (χ3n) is 2.91. The van der Waals surface area contributed by atoms with Gasteiger partial charge in [-0.15, -0.1) is 0 Å². The van der Waals surface area contributed by atoms with Crippen molar-refractivity contribution in [1.29, 1.82) is 0 Å². The molecule has 1 fully saturated rings. The second-order valence-corrected chi connectivity index (χ2v) is 6.20. The van der Waals surface area contributed by atoms with Gasteiger partial charge in [0.15, 0.2) is 0 Å². The number of hydrogen-bond donors (Lipinski definition) is 1. The molecule has 1 saturated heterocycles. The molecular weight excluding hydrogens is 321 g/mol. The average molecular weight is 334 g/mol. The Hall–Kier alpha value is -0.590. The molecule has 18 heavy (non-hydrogen) atoms. The number of rotatable bonds is 3. The fourth-order valence-corrected chi connectivity index (χ4v) is 3.45. The monoisotopic (exact) mass is 333 g/mol. The summed E-state index contributed by atoms with van der Waals surface area (Å²) in [5.41, 5.74) is 0.530. The highest BCUT2D eigenvalue weighted by Crippen LogP contribution is 2.22. The van der Waals surface area contributed by atoms with Gasteiger partial charge in [0.25, 0.3) is 0 Å². The smallest absolute Gasteiger partial charge is 0.321 e. The average Bonchev–Trinajstić information content (AvgIpc) is 2.34. The summed E-state index contributed by atoms with van der Waals surface area (Å²) in [7, 11) is 0. The van der Waals surface area contributed by atoms with E-state index in [4.69, 9.17) is 5.11 Å². The number of carbonyl (C=O) groups is 1. The summed E-state index contributed by atoms with van der Waals surface area (Å²) in [6, 6.07) is 4.21. The lowest BCUT2D eigenvalue weighted by Crippen LogP contribution is -2.46. The second kappa shape index (κ2) is 6.04. The number of thioether (sulfide) groups is 1. The molecule has 1 atom stereocenters. The molecular formula is C12H13BrFNO2S. The first-order valence-corrected chi connectivity index (χ1v) is 7.51. The van der Waals surface area contributed by atoms with Crippen LogP contribution in [0.5, 0.6) is 0 Å². The van der Waals surface area contributed by atoms with Gasteiger partial charge in [-0.3, -0.25) is 9.69 Å². The Bertz CT molecular complexity index is 458. The van der Waals surface area contributed by atoms with Crippen LogP contribution in [-0.2, 0) is 11.3 Å². The van der Waals surface area contributed by atoms with E-state index in [1.165, 1.54) is 6.07 Å². The number of carboxylic acids is 1. The van der Waals surface area contributed by atoms with Crippen molar-refractivity contribution in [2.75, 3.05) is 18.1 Å². The van der Waals surface area contributed by atoms with Gasteiger partial charge in [0.05, 0.1) is 0 Å². The summed E-state index contributed by atoms with van der Waals surface area (Å²) < 4.78 is 14.5. The summed E-state index contributed by atoms with van der Waals surface area (Å²) in [6.07, 6.45) is 0. The largest absolute Gasteiger partial charge is 0.480 e. The topological polar surface area (TPSA) is 40.5 Å². The maximum absolute atomic E-state index is 13.7. The van der Waals surface area contributed by atoms with Crippen LogP contribution in [0.1, 0.15) is 5.56 Å². The third-order valence-corrected chi connectivity index (χ3v) is 4.42. The molecule has 1 aliphatic heterocycles. The Kier molecular flexibility index (Phi) is 4.64. The van der Waals surface area contributed by atoms with Gasteiger partial charge in [-0.25, -0.2) is 4.39 Å². The van der Waals surface area contributed by atoms with E-state index < -0.39 is 12.0 Å². The van der Waals surface area contributed by atoms with E-state index in [1.807, 2.05) is 4.90 Å². The Morgan fingerprint density at radius 3 is 3.11 bits per heavy atom. The van der Waals surface area contributed by atoms with Gasteiger partial charge in [0.2, 0.25) is 0 Å². The quantitative estimate of drug-likeness (QED) is 0.923. The van der Waals surface area contributed by atoms with Crippen molar-refractivity contribution in [2.45, 2.75) is 12.6 Å². The maximum Gasteiger partial charge on any atom is 0.321 e. The normalized spacial score (nSPS) is 20.9. The van der Waals surface area contributed by atoms with Crippen LogP contribution in [0, 0.1) is 5.82 Å². The lowest BCUT2D eigenvalue weighted by atomic mass is 10.1. The predicted octanol–water partition coefficient (Wildman–Crippen LogP) is 2.59. The number of halogens is 2. The number of carboxylic acid groups (broad SMARTS) is 1. The SMILES string of the molecule is O=C(O)C1CSCCN1Cc1cc(Br)ccc1F. The molecule has 0 aromatic heterocycles. The molecule has 0 saturated carbocycles. The van der Waals surface area contributed by atoms with Crippen LogP contribution in [-0.4, -0.2) is 40.1 Å². The van der Waals surface area contributed by atoms with Crippen LogP contribution in [0.4, 0.5) is 4.39 Å². The molecule has 1 aliphatic rings. The molecule has 0 bridgehead atoms. The summed E-state index contributed by atoms with van der Waals surface area (Å²) in [5.74, 6) is 0.322. The van der Waals surface area contributed by atoms with Crippen LogP contribution < -0.4 is 0 Å². The number of aliphatic carboxylic acids is 1. The zero-order valence-electron chi connectivity index (χ0n) is 9.60. The molecule has 98 valence electrons. The molecule has 3 nitrogen and oxygen atoms in total. The van der Waals surface area contributed by atoms with Gasteiger partial charge >= 0.3 is 5.97 Å². The summed E-state index contributed by atoms with van der Waals surface area (Å²) in [6.45, 7) is 1.01. The van der Waals surface area contributed by atoms with Crippen molar-refractivity contribution >= 4 is 33.7 Å². The van der Waals surface area contributed by atoms with E-state index in [0.717, 1.165) is 10.2 Å². The second-order valence-electron chi connectivity index (χ2n) is 4.14. The first kappa shape index (κ1) is 13.8. The van der Waals surface area contributed by atoms with E-state index in [9.17, 15) is 9.18 Å². The number of hydrogen-bond acceptors (Lipinski definition) is 3. The van der Waals surface area contributed by atoms with Crippen LogP contribution >= 0.6 is 27.7 Å². The molecule has 0 spiro atoms. The molecule has 0 aliphatic carbocycles. The van der Waals surface area contributed by atoms with E-state index in [1.54, 1.807) is 23.9 Å². The van der Waals surface area contributed by atoms with Crippen molar-refractivity contribution in [2.24, 2.45) is 0 Å². The molecule has 1 heterocycles. The standard InChI is InChI=1S/C12H13BrFNO2S/c13-9-1-2-10(14)8(5-9)6-15-3-4-18-7-11(15)12(16)17/h1-2,5,11H,3-4,6-7H2,(H,16,17). The lowest BCUT2D eigenvalue weighted by molar-refractivity contribution is -0.142. The van der Waals surface area contributed by atoms with Crippen LogP contribution in [0.25, 0.3) is 0 Å². The third kappa shape index (κ3) is 3.24. The predicted molar refractivity (Wildman–Crippen MR) is 73.3 cm³/mol. The molecule has 2 rings (SSSR count). The van der Waals surface area contributed by atoms with Crippen LogP contribution in [0.3, 0.4) is 0 Å². The van der Waals surface area contributed by atoms with E-state index in [0.29, 0.717) is 24.4 Å². The van der Waals surface area contributed by atoms with Crippen molar-refractivity contribution in [3.63, 3.8) is 0 Å². The summed E-state index contributed by atoms with van der Waals surface area (Å²) in [4.78, 5) is 13.0. The Morgan fingerprint density at radius 1 is 1.61 bits per heavy atom. The van der Waals surface area contributed by atoms with Gasteiger partial charge in [-0.05, 0) is 18.2 Å². The minimum absolute atomic E-state index is 0.291. The van der Waals surface area contributed by atoms with E-state index >= 15 is 0 Å². The van der Waals surface area contributed by atoms with Gasteiger partial charge < -0.3 is 5.11 Å². The molecule has 1 unspecified atom stereocenters. The summed E-state index contributed by atoms with van der Waals surface area (Å²) in [5, 5.41) is 9.15. The van der Waals surface area contributed by atoms with Crippen LogP contribution in [0.2, 0.25) is 0 Å². The fraction of sp³-hybridized carbons (Fsp3) is 0.417. The van der Waals surface area contributed by atoms with E-state index in [2.05, 4.69) is 15.9 Å². The Balaban J connectivity index is 2.15. The first-order valence-electron chi connectivity index (χ1n) is 5.56. The van der Waals surface area contributed by atoms with Crippen molar-refractivity contribution in [3.8, 4) is 0 Å². The van der Waals surface area contributed by atoms with Crippen molar-refractivity contribution < 1.29 is 14.3 Å². The molecule has 1 aromatic rings. The lowest BCUT2D eigenvalue weighted by Gasteiger charge is -2.32. The molecule has 6 heteroatoms. The summed E-state index contributed by atoms with van der Waals surface area (Å²) >= 11 is 4.93. The van der Waals surface area contributed by atoms with Gasteiger partial charge in [0, 0.05) is 34.6 Å². The Labute approximate surface area is 117 Å². The van der Waals surface area contributed by atoms with Gasteiger partial charge in [-0.2, -0.15) is 11.8 Å². The van der Waals surface area contributed by atoms with Crippen LogP contribution in [0.15, 0.2) is 22.7 Å². The molecule has 0 radical (unpaired) electrons. The zero-order chi connectivity index (χ0) is 13.1. The number of nitrogens with zero attached hydrogens (tertiary/aromatic N) is 1. The highest BCUT2D eigenvalue weighted by Gasteiger charge is 2.29. The molecule has 0 amide bonds. The van der Waals surface area contributed by atoms with Gasteiger partial charge in [-0.1, -0.05) is 15.9 Å². The maximum atomic E-state index is 13.7. The molecule has 1 N–H and O–H groups in total. The first-order chi connectivity index (χ1) is 8.58. The van der Waals surface area contributed by atoms with Crippen molar-refractivity contribution in [3.05, 3.63) is 34.1 Å². The minimum Gasteiger partial charge on any atom is -0.480 e. The number of benzene rings is 1. The molecule has 1 aromatic carbocycles. The highest BCUT2D eigenvalue weighted by atomic mass is 79.9. The van der Waals surface area contributed by atoms with Gasteiger partial charge in [0.1, 0.15) is 11.9 Å².